The lowest BCUT2D eigenvalue weighted by Gasteiger charge is -2.08. The van der Waals surface area contributed by atoms with Gasteiger partial charge in [0.05, 0.1) is 6.61 Å². The fourth-order valence-electron chi connectivity index (χ4n) is 2.36. The summed E-state index contributed by atoms with van der Waals surface area (Å²) in [6.45, 7) is 0.926. The Bertz CT molecular complexity index is 780. The van der Waals surface area contributed by atoms with Gasteiger partial charge < -0.3 is 15.7 Å². The van der Waals surface area contributed by atoms with Crippen LogP contribution in [0.25, 0.3) is 10.1 Å². The SMILES string of the molecule is O=C(NCCO)c1cccc(NCc2cc3ccccc3s2)c1. The normalized spacial score (nSPS) is 10.7. The van der Waals surface area contributed by atoms with Crippen molar-refractivity contribution in [3.63, 3.8) is 0 Å². The van der Waals surface area contributed by atoms with E-state index in [9.17, 15) is 4.79 Å². The maximum absolute atomic E-state index is 11.9. The fourth-order valence-corrected chi connectivity index (χ4v) is 3.36. The van der Waals surface area contributed by atoms with Gasteiger partial charge in [0, 0.05) is 33.9 Å². The van der Waals surface area contributed by atoms with Crippen LogP contribution in [0.5, 0.6) is 0 Å². The highest BCUT2D eigenvalue weighted by molar-refractivity contribution is 7.19. The summed E-state index contributed by atoms with van der Waals surface area (Å²) in [4.78, 5) is 13.2. The fraction of sp³-hybridized carbons (Fsp3) is 0.167. The summed E-state index contributed by atoms with van der Waals surface area (Å²) in [6.07, 6.45) is 0. The molecule has 0 unspecified atom stereocenters. The molecule has 0 saturated carbocycles. The minimum Gasteiger partial charge on any atom is -0.395 e. The average molecular weight is 326 g/mol. The molecule has 0 radical (unpaired) electrons. The molecule has 0 spiro atoms. The summed E-state index contributed by atoms with van der Waals surface area (Å²) >= 11 is 1.77. The predicted octanol–water partition coefficient (Wildman–Crippen LogP) is 3.24. The van der Waals surface area contributed by atoms with Gasteiger partial charge >= 0.3 is 0 Å². The second-order valence-electron chi connectivity index (χ2n) is 5.16. The number of hydrogen-bond donors (Lipinski definition) is 3. The molecule has 3 N–H and O–H groups in total. The highest BCUT2D eigenvalue weighted by Gasteiger charge is 2.06. The van der Waals surface area contributed by atoms with E-state index >= 15 is 0 Å². The third kappa shape index (κ3) is 3.88. The van der Waals surface area contributed by atoms with Gasteiger partial charge in [0.2, 0.25) is 0 Å². The molecule has 0 bridgehead atoms. The number of anilines is 1. The number of nitrogens with one attached hydrogen (secondary N) is 2. The van der Waals surface area contributed by atoms with Gasteiger partial charge in [-0.3, -0.25) is 4.79 Å². The average Bonchev–Trinajstić information content (AvgIpc) is 3.01. The Kier molecular flexibility index (Phi) is 4.90. The van der Waals surface area contributed by atoms with Crippen LogP contribution in [0.1, 0.15) is 15.2 Å². The van der Waals surface area contributed by atoms with Crippen LogP contribution in [-0.4, -0.2) is 24.2 Å². The minimum atomic E-state index is -0.176. The molecule has 1 heterocycles. The first-order chi connectivity index (χ1) is 11.3. The van der Waals surface area contributed by atoms with E-state index in [2.05, 4.69) is 28.8 Å². The van der Waals surface area contributed by atoms with Crippen molar-refractivity contribution in [1.29, 1.82) is 0 Å². The zero-order valence-corrected chi connectivity index (χ0v) is 13.4. The first-order valence-electron chi connectivity index (χ1n) is 7.47. The third-order valence-corrected chi connectivity index (χ3v) is 4.58. The van der Waals surface area contributed by atoms with Crippen molar-refractivity contribution in [3.8, 4) is 0 Å². The van der Waals surface area contributed by atoms with E-state index in [1.165, 1.54) is 15.0 Å². The van der Waals surface area contributed by atoms with Crippen molar-refractivity contribution < 1.29 is 9.90 Å². The molecule has 0 fully saturated rings. The van der Waals surface area contributed by atoms with Gasteiger partial charge in [0.25, 0.3) is 5.91 Å². The Labute approximate surface area is 138 Å². The van der Waals surface area contributed by atoms with Crippen molar-refractivity contribution in [2.24, 2.45) is 0 Å². The first-order valence-corrected chi connectivity index (χ1v) is 8.28. The molecule has 1 aromatic heterocycles. The maximum Gasteiger partial charge on any atom is 0.251 e. The summed E-state index contributed by atoms with van der Waals surface area (Å²) in [5.41, 5.74) is 1.49. The van der Waals surface area contributed by atoms with Crippen LogP contribution in [0.4, 0.5) is 5.69 Å². The van der Waals surface area contributed by atoms with Crippen LogP contribution < -0.4 is 10.6 Å². The first kappa shape index (κ1) is 15.5. The van der Waals surface area contributed by atoms with Crippen molar-refractivity contribution in [2.75, 3.05) is 18.5 Å². The smallest absolute Gasteiger partial charge is 0.251 e. The predicted molar refractivity (Wildman–Crippen MR) is 95.0 cm³/mol. The van der Waals surface area contributed by atoms with Crippen molar-refractivity contribution in [3.05, 3.63) is 65.0 Å². The standard InChI is InChI=1S/C18H18N2O2S/c21-9-8-19-18(22)14-5-3-6-15(10-14)20-12-16-11-13-4-1-2-7-17(13)23-16/h1-7,10-11,20-21H,8-9,12H2,(H,19,22). The van der Waals surface area contributed by atoms with Crippen LogP contribution in [0.15, 0.2) is 54.6 Å². The molecule has 1 amide bonds. The van der Waals surface area contributed by atoms with E-state index in [-0.39, 0.29) is 19.1 Å². The zero-order valence-electron chi connectivity index (χ0n) is 12.6. The molecule has 23 heavy (non-hydrogen) atoms. The van der Waals surface area contributed by atoms with E-state index in [1.807, 2.05) is 30.3 Å². The van der Waals surface area contributed by atoms with E-state index in [0.717, 1.165) is 12.2 Å². The van der Waals surface area contributed by atoms with Gasteiger partial charge in [0.1, 0.15) is 0 Å². The van der Waals surface area contributed by atoms with E-state index in [0.29, 0.717) is 5.56 Å². The lowest BCUT2D eigenvalue weighted by Crippen LogP contribution is -2.26. The molecule has 0 aliphatic heterocycles. The molecule has 0 atom stereocenters. The summed E-state index contributed by atoms with van der Waals surface area (Å²) in [6, 6.07) is 17.9. The number of rotatable bonds is 6. The Balaban J connectivity index is 1.67. The van der Waals surface area contributed by atoms with Crippen LogP contribution in [-0.2, 0) is 6.54 Å². The number of hydrogen-bond acceptors (Lipinski definition) is 4. The lowest BCUT2D eigenvalue weighted by atomic mass is 10.2. The van der Waals surface area contributed by atoms with Gasteiger partial charge in [-0.1, -0.05) is 24.3 Å². The van der Waals surface area contributed by atoms with Gasteiger partial charge in [0.15, 0.2) is 0 Å². The molecular formula is C18H18N2O2S. The summed E-state index contributed by atoms with van der Waals surface area (Å²) in [7, 11) is 0. The summed E-state index contributed by atoms with van der Waals surface area (Å²) < 4.78 is 1.28. The molecule has 5 heteroatoms. The number of amides is 1. The highest BCUT2D eigenvalue weighted by atomic mass is 32.1. The van der Waals surface area contributed by atoms with Crippen molar-refractivity contribution in [2.45, 2.75) is 6.54 Å². The molecule has 3 aromatic rings. The Morgan fingerprint density at radius 2 is 1.96 bits per heavy atom. The van der Waals surface area contributed by atoms with Crippen molar-refractivity contribution in [1.82, 2.24) is 5.32 Å². The van der Waals surface area contributed by atoms with Crippen LogP contribution >= 0.6 is 11.3 Å². The molecule has 0 aliphatic rings. The number of aliphatic hydroxyl groups excluding tert-OH is 1. The van der Waals surface area contributed by atoms with Gasteiger partial charge in [-0.25, -0.2) is 0 Å². The third-order valence-electron chi connectivity index (χ3n) is 3.47. The molecule has 0 aliphatic carbocycles. The quantitative estimate of drug-likeness (QED) is 0.652. The number of thiophene rings is 1. The number of carbonyl (C=O) groups is 1. The number of fused-ring (bicyclic) bond motifs is 1. The molecule has 118 valence electrons. The van der Waals surface area contributed by atoms with E-state index in [1.54, 1.807) is 17.4 Å². The van der Waals surface area contributed by atoms with Gasteiger partial charge in [-0.15, -0.1) is 11.3 Å². The van der Waals surface area contributed by atoms with E-state index < -0.39 is 0 Å². The van der Waals surface area contributed by atoms with Gasteiger partial charge in [-0.2, -0.15) is 0 Å². The maximum atomic E-state index is 11.9. The molecular weight excluding hydrogens is 308 g/mol. The lowest BCUT2D eigenvalue weighted by molar-refractivity contribution is 0.0945. The topological polar surface area (TPSA) is 61.4 Å². The second-order valence-corrected chi connectivity index (χ2v) is 6.33. The number of carbonyl (C=O) groups excluding carboxylic acids is 1. The number of aliphatic hydroxyl groups is 1. The second kappa shape index (κ2) is 7.26. The molecule has 4 nitrogen and oxygen atoms in total. The minimum absolute atomic E-state index is 0.0599. The highest BCUT2D eigenvalue weighted by Crippen LogP contribution is 2.26. The molecule has 2 aromatic carbocycles. The van der Waals surface area contributed by atoms with Crippen LogP contribution in [0.3, 0.4) is 0 Å². The Morgan fingerprint density at radius 1 is 1.09 bits per heavy atom. The summed E-state index contributed by atoms with van der Waals surface area (Å²) in [5, 5.41) is 16.0. The van der Waals surface area contributed by atoms with Crippen LogP contribution in [0, 0.1) is 0 Å². The summed E-state index contributed by atoms with van der Waals surface area (Å²) in [5.74, 6) is -0.176. The van der Waals surface area contributed by atoms with Crippen molar-refractivity contribution >= 4 is 33.0 Å². The molecule has 3 rings (SSSR count). The Morgan fingerprint density at radius 3 is 2.78 bits per heavy atom. The monoisotopic (exact) mass is 326 g/mol. The largest absolute Gasteiger partial charge is 0.395 e. The van der Waals surface area contributed by atoms with E-state index in [4.69, 9.17) is 5.11 Å². The zero-order chi connectivity index (χ0) is 16.1. The molecule has 0 saturated heterocycles. The Hall–Kier alpha value is -2.37. The number of benzene rings is 2. The van der Waals surface area contributed by atoms with Gasteiger partial charge in [-0.05, 0) is 35.7 Å². The van der Waals surface area contributed by atoms with Crippen LogP contribution in [0.2, 0.25) is 0 Å².